The highest BCUT2D eigenvalue weighted by molar-refractivity contribution is 5.58. The van der Waals surface area contributed by atoms with Crippen LogP contribution in [0.25, 0.3) is 5.65 Å². The number of nitrogens with zero attached hydrogens (tertiary/aromatic N) is 4. The molecule has 56 valence electrons. The molecule has 0 spiro atoms. The minimum Gasteiger partial charge on any atom is -0.381 e. The summed E-state index contributed by atoms with van der Waals surface area (Å²) in [5.41, 5.74) is 6.15. The molecule has 0 unspecified atom stereocenters. The van der Waals surface area contributed by atoms with Crippen LogP contribution >= 0.6 is 0 Å². The highest BCUT2D eigenvalue weighted by Gasteiger charge is 2.02. The zero-order valence-corrected chi connectivity index (χ0v) is 6.02. The minimum absolute atomic E-state index is 0.410. The summed E-state index contributed by atoms with van der Waals surface area (Å²) < 4.78 is 1.79. The van der Waals surface area contributed by atoms with Gasteiger partial charge < -0.3 is 5.73 Å². The third-order valence-electron chi connectivity index (χ3n) is 1.52. The van der Waals surface area contributed by atoms with E-state index in [-0.39, 0.29) is 0 Å². The fraction of sp³-hybridized carbons (Fsp3) is 0.167. The van der Waals surface area contributed by atoms with Gasteiger partial charge in [-0.3, -0.25) is 4.40 Å². The van der Waals surface area contributed by atoms with Crippen LogP contribution in [0.5, 0.6) is 0 Å². The average molecular weight is 149 g/mol. The summed E-state index contributed by atoms with van der Waals surface area (Å²) in [6, 6.07) is 0. The molecule has 2 rings (SSSR count). The highest BCUT2D eigenvalue weighted by Crippen LogP contribution is 2.06. The monoisotopic (exact) mass is 149 g/mol. The lowest BCUT2D eigenvalue weighted by Crippen LogP contribution is -1.95. The highest BCUT2D eigenvalue weighted by atomic mass is 15.3. The Balaban J connectivity index is 2.94. The van der Waals surface area contributed by atoms with E-state index in [1.54, 1.807) is 16.8 Å². The van der Waals surface area contributed by atoms with E-state index in [1.807, 2.05) is 6.92 Å². The summed E-state index contributed by atoms with van der Waals surface area (Å²) in [6.07, 6.45) is 3.40. The molecule has 0 aliphatic heterocycles. The molecule has 0 fully saturated rings. The molecule has 5 heteroatoms. The first-order valence-electron chi connectivity index (χ1n) is 3.21. The second kappa shape index (κ2) is 1.91. The van der Waals surface area contributed by atoms with Gasteiger partial charge in [-0.15, -0.1) is 10.2 Å². The molecule has 0 amide bonds. The van der Waals surface area contributed by atoms with Crippen molar-refractivity contribution in [2.45, 2.75) is 6.92 Å². The van der Waals surface area contributed by atoms with Crippen LogP contribution in [0.15, 0.2) is 12.4 Å². The van der Waals surface area contributed by atoms with Crippen molar-refractivity contribution >= 4 is 11.5 Å². The van der Waals surface area contributed by atoms with Gasteiger partial charge in [0, 0.05) is 12.4 Å². The van der Waals surface area contributed by atoms with Crippen molar-refractivity contribution in [2.75, 3.05) is 5.73 Å². The fourth-order valence-corrected chi connectivity index (χ4v) is 0.960. The Morgan fingerprint density at radius 2 is 2.27 bits per heavy atom. The summed E-state index contributed by atoms with van der Waals surface area (Å²) >= 11 is 0. The minimum atomic E-state index is 0.410. The summed E-state index contributed by atoms with van der Waals surface area (Å²) in [7, 11) is 0. The first-order chi connectivity index (χ1) is 5.29. The predicted molar refractivity (Wildman–Crippen MR) is 39.9 cm³/mol. The standard InChI is InChI=1S/C6H7N5/c1-4-9-10-6-5(7)8-2-3-11(4)6/h2-3H,1H3,(H2,7,8). The van der Waals surface area contributed by atoms with Crippen LogP contribution in [0.1, 0.15) is 5.82 Å². The van der Waals surface area contributed by atoms with E-state index >= 15 is 0 Å². The van der Waals surface area contributed by atoms with Gasteiger partial charge in [0.15, 0.2) is 5.82 Å². The van der Waals surface area contributed by atoms with Crippen LogP contribution in [0.4, 0.5) is 5.82 Å². The zero-order valence-electron chi connectivity index (χ0n) is 6.02. The van der Waals surface area contributed by atoms with E-state index in [0.717, 1.165) is 5.82 Å². The van der Waals surface area contributed by atoms with E-state index in [9.17, 15) is 0 Å². The normalized spacial score (nSPS) is 10.6. The Bertz CT molecular complexity index is 391. The van der Waals surface area contributed by atoms with Crippen LogP contribution in [-0.2, 0) is 0 Å². The van der Waals surface area contributed by atoms with E-state index in [2.05, 4.69) is 15.2 Å². The molecule has 2 N–H and O–H groups in total. The lowest BCUT2D eigenvalue weighted by molar-refractivity contribution is 1.00. The zero-order chi connectivity index (χ0) is 7.84. The third-order valence-corrected chi connectivity index (χ3v) is 1.52. The van der Waals surface area contributed by atoms with Gasteiger partial charge in [-0.1, -0.05) is 0 Å². The molecule has 0 saturated heterocycles. The van der Waals surface area contributed by atoms with Crippen LogP contribution in [-0.4, -0.2) is 19.6 Å². The van der Waals surface area contributed by atoms with Crippen molar-refractivity contribution in [3.63, 3.8) is 0 Å². The molecule has 0 radical (unpaired) electrons. The Morgan fingerprint density at radius 3 is 3.00 bits per heavy atom. The first-order valence-corrected chi connectivity index (χ1v) is 3.21. The average Bonchev–Trinajstić information content (AvgIpc) is 2.35. The van der Waals surface area contributed by atoms with Gasteiger partial charge in [-0.25, -0.2) is 4.98 Å². The van der Waals surface area contributed by atoms with Crippen molar-refractivity contribution in [3.8, 4) is 0 Å². The van der Waals surface area contributed by atoms with Crippen molar-refractivity contribution in [2.24, 2.45) is 0 Å². The number of aryl methyl sites for hydroxylation is 1. The SMILES string of the molecule is Cc1nnc2c(N)nccn12. The maximum Gasteiger partial charge on any atom is 0.203 e. The van der Waals surface area contributed by atoms with E-state index < -0.39 is 0 Å². The molecule has 0 bridgehead atoms. The van der Waals surface area contributed by atoms with Gasteiger partial charge in [0.1, 0.15) is 5.82 Å². The molecule has 2 aromatic heterocycles. The smallest absolute Gasteiger partial charge is 0.203 e. The number of fused-ring (bicyclic) bond motifs is 1. The Morgan fingerprint density at radius 1 is 1.45 bits per heavy atom. The van der Waals surface area contributed by atoms with Gasteiger partial charge in [-0.05, 0) is 6.92 Å². The van der Waals surface area contributed by atoms with E-state index in [0.29, 0.717) is 11.5 Å². The third kappa shape index (κ3) is 0.739. The van der Waals surface area contributed by atoms with E-state index in [4.69, 9.17) is 5.73 Å². The number of nitrogens with two attached hydrogens (primary N) is 1. The largest absolute Gasteiger partial charge is 0.381 e. The van der Waals surface area contributed by atoms with Crippen LogP contribution in [0, 0.1) is 6.92 Å². The molecular weight excluding hydrogens is 142 g/mol. The second-order valence-electron chi connectivity index (χ2n) is 2.25. The molecular formula is C6H7N5. The topological polar surface area (TPSA) is 69.1 Å². The molecule has 0 aromatic carbocycles. The van der Waals surface area contributed by atoms with Crippen molar-refractivity contribution in [1.82, 2.24) is 19.6 Å². The Hall–Kier alpha value is -1.65. The van der Waals surface area contributed by atoms with E-state index in [1.165, 1.54) is 0 Å². The molecule has 0 atom stereocenters. The summed E-state index contributed by atoms with van der Waals surface area (Å²) in [6.45, 7) is 1.86. The molecule has 2 aromatic rings. The number of aromatic nitrogens is 4. The first kappa shape index (κ1) is 6.09. The summed E-state index contributed by atoms with van der Waals surface area (Å²) in [5, 5.41) is 7.69. The van der Waals surface area contributed by atoms with Crippen LogP contribution in [0.2, 0.25) is 0 Å². The van der Waals surface area contributed by atoms with Crippen molar-refractivity contribution in [3.05, 3.63) is 18.2 Å². The molecule has 11 heavy (non-hydrogen) atoms. The van der Waals surface area contributed by atoms with Crippen LogP contribution < -0.4 is 5.73 Å². The summed E-state index contributed by atoms with van der Waals surface area (Å²) in [5.74, 6) is 1.22. The lowest BCUT2D eigenvalue weighted by atomic mass is 10.6. The predicted octanol–water partition coefficient (Wildman–Crippen LogP) is 0.0149. The van der Waals surface area contributed by atoms with Gasteiger partial charge in [0.05, 0.1) is 0 Å². The van der Waals surface area contributed by atoms with Crippen molar-refractivity contribution in [1.29, 1.82) is 0 Å². The molecule has 5 nitrogen and oxygen atoms in total. The Labute approximate surface area is 62.9 Å². The number of nitrogen functional groups attached to an aromatic ring is 1. The maximum atomic E-state index is 5.54. The molecule has 0 aliphatic carbocycles. The van der Waals surface area contributed by atoms with Gasteiger partial charge >= 0.3 is 0 Å². The number of rotatable bonds is 0. The summed E-state index contributed by atoms with van der Waals surface area (Å²) in [4.78, 5) is 3.88. The molecule has 0 saturated carbocycles. The van der Waals surface area contributed by atoms with Gasteiger partial charge in [-0.2, -0.15) is 0 Å². The quantitative estimate of drug-likeness (QED) is 0.573. The van der Waals surface area contributed by atoms with Crippen LogP contribution in [0.3, 0.4) is 0 Å². The molecule has 2 heterocycles. The number of hydrogen-bond acceptors (Lipinski definition) is 4. The number of anilines is 1. The van der Waals surface area contributed by atoms with Gasteiger partial charge in [0.2, 0.25) is 5.65 Å². The maximum absolute atomic E-state index is 5.54. The fourth-order valence-electron chi connectivity index (χ4n) is 0.960. The second-order valence-corrected chi connectivity index (χ2v) is 2.25. The Kier molecular flexibility index (Phi) is 1.06. The number of hydrogen-bond donors (Lipinski definition) is 1. The molecule has 0 aliphatic rings. The van der Waals surface area contributed by atoms with Gasteiger partial charge in [0.25, 0.3) is 0 Å². The van der Waals surface area contributed by atoms with Crippen molar-refractivity contribution < 1.29 is 0 Å². The lowest BCUT2D eigenvalue weighted by Gasteiger charge is -1.94.